The van der Waals surface area contributed by atoms with Crippen LogP contribution in [0.25, 0.3) is 11.1 Å². The normalized spacial score (nSPS) is 14.3. The molecule has 3 aromatic rings. The number of nitrogens with zero attached hydrogens (tertiary/aromatic N) is 2. The van der Waals surface area contributed by atoms with Gasteiger partial charge in [-0.3, -0.25) is 13.9 Å². The Balaban J connectivity index is 1.87. The van der Waals surface area contributed by atoms with Crippen LogP contribution >= 0.6 is 0 Å². The van der Waals surface area contributed by atoms with Gasteiger partial charge in [0.25, 0.3) is 5.56 Å². The topological polar surface area (TPSA) is 65.3 Å². The number of aromatic nitrogens is 2. The van der Waals surface area contributed by atoms with Gasteiger partial charge in [-0.2, -0.15) is 0 Å². The molecule has 1 aromatic heterocycles. The zero-order chi connectivity index (χ0) is 24.4. The van der Waals surface area contributed by atoms with Gasteiger partial charge in [0.1, 0.15) is 17.4 Å². The second-order valence-corrected chi connectivity index (χ2v) is 8.89. The number of rotatable bonds is 9. The zero-order valence-corrected chi connectivity index (χ0v) is 19.6. The average Bonchev–Trinajstić information content (AvgIpc) is 3.63. The maximum Gasteiger partial charge on any atom is 0.331 e. The summed E-state index contributed by atoms with van der Waals surface area (Å²) in [4.78, 5) is 27.2. The van der Waals surface area contributed by atoms with Crippen molar-refractivity contribution in [2.45, 2.75) is 39.3 Å². The molecule has 1 aliphatic rings. The fourth-order valence-corrected chi connectivity index (χ4v) is 4.21. The minimum Gasteiger partial charge on any atom is -0.497 e. The molecule has 1 heterocycles. The number of nitrogens with one attached hydrogen (secondary N) is 1. The van der Waals surface area contributed by atoms with Crippen molar-refractivity contribution >= 4 is 0 Å². The van der Waals surface area contributed by atoms with E-state index in [2.05, 4.69) is 5.32 Å². The Kier molecular flexibility index (Phi) is 6.97. The molecule has 0 unspecified atom stereocenters. The van der Waals surface area contributed by atoms with Gasteiger partial charge in [0.15, 0.2) is 0 Å². The van der Waals surface area contributed by atoms with Crippen LogP contribution in [0.15, 0.2) is 52.1 Å². The van der Waals surface area contributed by atoms with Gasteiger partial charge in [-0.1, -0.05) is 18.2 Å². The fraction of sp³-hybridized carbons (Fsp3) is 0.385. The molecule has 0 radical (unpaired) electrons. The maximum absolute atomic E-state index is 14.5. The largest absolute Gasteiger partial charge is 0.497 e. The molecule has 0 amide bonds. The van der Waals surface area contributed by atoms with Gasteiger partial charge in [-0.25, -0.2) is 13.6 Å². The maximum atomic E-state index is 14.5. The molecule has 8 heteroatoms. The van der Waals surface area contributed by atoms with E-state index in [0.717, 1.165) is 18.7 Å². The standard InChI is InChI=1S/C26H29F2N3O3/c1-16(13-29-14-18-10-11-18)31-25(32)24(19-6-4-7-20(12-19)34-3)17(2)30(26(31)33)15-21-22(27)8-5-9-23(21)28/h4-9,12,16,18,29H,10-11,13-15H2,1-3H3/t16-/m1/s1. The van der Waals surface area contributed by atoms with Crippen LogP contribution in [-0.2, 0) is 6.54 Å². The Morgan fingerprint density at radius 1 is 1.12 bits per heavy atom. The van der Waals surface area contributed by atoms with Crippen molar-refractivity contribution in [1.29, 1.82) is 0 Å². The smallest absolute Gasteiger partial charge is 0.331 e. The summed E-state index contributed by atoms with van der Waals surface area (Å²) in [7, 11) is 1.53. The van der Waals surface area contributed by atoms with Crippen LogP contribution in [0.1, 0.15) is 37.1 Å². The lowest BCUT2D eigenvalue weighted by Crippen LogP contribution is -2.46. The van der Waals surface area contributed by atoms with Crippen molar-refractivity contribution < 1.29 is 13.5 Å². The highest BCUT2D eigenvalue weighted by Gasteiger charge is 2.24. The minimum absolute atomic E-state index is 0.228. The Bertz CT molecular complexity index is 1290. The number of halogens is 2. The molecule has 0 aliphatic heterocycles. The zero-order valence-electron chi connectivity index (χ0n) is 19.6. The molecule has 0 saturated heterocycles. The molecule has 1 aliphatic carbocycles. The van der Waals surface area contributed by atoms with Crippen molar-refractivity contribution in [2.75, 3.05) is 20.2 Å². The van der Waals surface area contributed by atoms with Crippen molar-refractivity contribution in [3.8, 4) is 16.9 Å². The van der Waals surface area contributed by atoms with Gasteiger partial charge in [-0.05, 0) is 69.0 Å². The molecule has 1 N–H and O–H groups in total. The van der Waals surface area contributed by atoms with Crippen molar-refractivity contribution in [2.24, 2.45) is 5.92 Å². The van der Waals surface area contributed by atoms with Crippen LogP contribution in [0.3, 0.4) is 0 Å². The molecule has 1 saturated carbocycles. The monoisotopic (exact) mass is 469 g/mol. The molecule has 6 nitrogen and oxygen atoms in total. The Morgan fingerprint density at radius 2 is 1.79 bits per heavy atom. The van der Waals surface area contributed by atoms with Crippen LogP contribution in [0, 0.1) is 24.5 Å². The van der Waals surface area contributed by atoms with Crippen LogP contribution in [0.4, 0.5) is 8.78 Å². The molecular formula is C26H29F2N3O3. The Hall–Kier alpha value is -3.26. The summed E-state index contributed by atoms with van der Waals surface area (Å²) in [6.07, 6.45) is 2.37. The third-order valence-electron chi connectivity index (χ3n) is 6.38. The van der Waals surface area contributed by atoms with Crippen molar-refractivity contribution in [1.82, 2.24) is 14.5 Å². The van der Waals surface area contributed by atoms with Crippen LogP contribution in [0.2, 0.25) is 0 Å². The summed E-state index contributed by atoms with van der Waals surface area (Å²) < 4.78 is 36.7. The van der Waals surface area contributed by atoms with E-state index in [-0.39, 0.29) is 12.1 Å². The lowest BCUT2D eigenvalue weighted by atomic mass is 10.0. The quantitative estimate of drug-likeness (QED) is 0.517. The van der Waals surface area contributed by atoms with Crippen LogP contribution in [-0.4, -0.2) is 29.3 Å². The van der Waals surface area contributed by atoms with Crippen LogP contribution in [0.5, 0.6) is 5.75 Å². The SMILES string of the molecule is COc1cccc(-c2c(C)n(Cc3c(F)cccc3F)c(=O)n([C@H](C)CNCC3CC3)c2=O)c1. The predicted molar refractivity (Wildman–Crippen MR) is 127 cm³/mol. The van der Waals surface area contributed by atoms with E-state index in [9.17, 15) is 18.4 Å². The van der Waals surface area contributed by atoms with Gasteiger partial charge in [0.2, 0.25) is 0 Å². The summed E-state index contributed by atoms with van der Waals surface area (Å²) in [6.45, 7) is 4.35. The van der Waals surface area contributed by atoms with Gasteiger partial charge in [-0.15, -0.1) is 0 Å². The van der Waals surface area contributed by atoms with E-state index in [4.69, 9.17) is 4.74 Å². The van der Waals surface area contributed by atoms with E-state index in [1.165, 1.54) is 35.2 Å². The van der Waals surface area contributed by atoms with E-state index >= 15 is 0 Å². The van der Waals surface area contributed by atoms with E-state index in [1.54, 1.807) is 38.1 Å². The molecular weight excluding hydrogens is 440 g/mol. The molecule has 2 aromatic carbocycles. The third-order valence-corrected chi connectivity index (χ3v) is 6.38. The first kappa shape index (κ1) is 23.9. The third kappa shape index (κ3) is 4.82. The molecule has 34 heavy (non-hydrogen) atoms. The number of benzene rings is 2. The van der Waals surface area contributed by atoms with E-state index < -0.39 is 28.9 Å². The second-order valence-electron chi connectivity index (χ2n) is 8.89. The minimum atomic E-state index is -0.744. The number of methoxy groups -OCH3 is 1. The first-order valence-corrected chi connectivity index (χ1v) is 11.5. The summed E-state index contributed by atoms with van der Waals surface area (Å²) in [5.74, 6) is -0.285. The van der Waals surface area contributed by atoms with Gasteiger partial charge >= 0.3 is 5.69 Å². The highest BCUT2D eigenvalue weighted by Crippen LogP contribution is 2.28. The number of hydrogen-bond acceptors (Lipinski definition) is 4. The molecule has 0 bridgehead atoms. The van der Waals surface area contributed by atoms with Crippen LogP contribution < -0.4 is 21.3 Å². The molecule has 1 atom stereocenters. The molecule has 1 fully saturated rings. The predicted octanol–water partition coefficient (Wildman–Crippen LogP) is 3.88. The Labute approximate surface area is 196 Å². The highest BCUT2D eigenvalue weighted by atomic mass is 19.1. The molecule has 0 spiro atoms. The van der Waals surface area contributed by atoms with E-state index in [1.807, 2.05) is 0 Å². The summed E-state index contributed by atoms with van der Waals surface area (Å²) in [5, 5.41) is 3.33. The second kappa shape index (κ2) is 9.93. The molecule has 4 rings (SSSR count). The first-order valence-electron chi connectivity index (χ1n) is 11.5. The van der Waals surface area contributed by atoms with Crippen molar-refractivity contribution in [3.63, 3.8) is 0 Å². The van der Waals surface area contributed by atoms with E-state index in [0.29, 0.717) is 35.0 Å². The number of hydrogen-bond donors (Lipinski definition) is 1. The Morgan fingerprint density at radius 3 is 2.44 bits per heavy atom. The summed E-state index contributed by atoms with van der Waals surface area (Å²) in [6, 6.07) is 10.1. The first-order chi connectivity index (χ1) is 16.3. The van der Waals surface area contributed by atoms with Crippen molar-refractivity contribution in [3.05, 3.63) is 86.2 Å². The summed E-state index contributed by atoms with van der Waals surface area (Å²) >= 11 is 0. The lowest BCUT2D eigenvalue weighted by Gasteiger charge is -2.22. The van der Waals surface area contributed by atoms with Gasteiger partial charge in [0, 0.05) is 17.8 Å². The highest BCUT2D eigenvalue weighted by molar-refractivity contribution is 5.66. The van der Waals surface area contributed by atoms with Gasteiger partial charge in [0.05, 0.1) is 25.3 Å². The fourth-order valence-electron chi connectivity index (χ4n) is 4.21. The van der Waals surface area contributed by atoms with Gasteiger partial charge < -0.3 is 10.1 Å². The molecule has 180 valence electrons. The average molecular weight is 470 g/mol. The summed E-state index contributed by atoms with van der Waals surface area (Å²) in [5.41, 5.74) is -0.0747. The number of ether oxygens (including phenoxy) is 1. The lowest BCUT2D eigenvalue weighted by molar-refractivity contribution is 0.415.